The molecule has 0 amide bonds. The molecule has 7 aliphatic heterocycles. The Hall–Kier alpha value is -1.81. The van der Waals surface area contributed by atoms with E-state index in [0.29, 0.717) is 94.8 Å². The number of nitrogens with zero attached hydrogens (tertiary/aromatic N) is 1. The molecule has 0 aromatic heterocycles. The first kappa shape index (κ1) is 117. The molecular weight excluding hydrogens is 1850 g/mol. The van der Waals surface area contributed by atoms with Crippen LogP contribution in [0.4, 0.5) is 13.2 Å². The van der Waals surface area contributed by atoms with Crippen LogP contribution in [0.3, 0.4) is 0 Å². The van der Waals surface area contributed by atoms with Gasteiger partial charge >= 0.3 is 132 Å². The molecule has 123 heavy (non-hydrogen) atoms. The summed E-state index contributed by atoms with van der Waals surface area (Å²) in [4.78, 5) is 47.4. The molecule has 1 aromatic rings. The van der Waals surface area contributed by atoms with Crippen LogP contribution < -0.4 is 5.11 Å². The van der Waals surface area contributed by atoms with Crippen LogP contribution in [-0.4, -0.2) is 180 Å². The van der Waals surface area contributed by atoms with Gasteiger partial charge in [0.25, 0.3) is 0 Å². The average molecular weight is 2010 g/mol. The van der Waals surface area contributed by atoms with E-state index in [9.17, 15) is 45.9 Å². The molecule has 0 spiro atoms. The number of esters is 4. The Bertz CT molecular complexity index is 3290. The summed E-state index contributed by atoms with van der Waals surface area (Å²) in [6, 6.07) is 9.05. The van der Waals surface area contributed by atoms with Crippen molar-refractivity contribution in [3.8, 4) is 0 Å². The second-order valence-corrected chi connectivity index (χ2v) is 63.6. The number of methoxy groups -OCH3 is 1. The smallest absolute Gasteiger partial charge is 0.858 e. The standard InChI is InChI=1S/C37H80O14Si8.C14H28O2.C12H14F3NO3S.C11H22O4.C9H16O3.Ag/c1-18-37(16,17)36(38)39-20-19-21-52-40-53(22-29(2)3)43-56(25-32(8)9)45-54(41-52,23-30(4)5)47-58(27-34(12)13)48-55(42-52,24-31(6)7)46-57(44-53,26-33(10)11)50-59(49-56,51-58)28-35(14)15;1-4-6-7-8-9-10-11-12-16-14(15)13(3)5-2;1-3-8(2)9-4-6-10(7-5-9)11(17)16-20(18,19)12(13,14)15;1-5-11(2,3)10(12)15-9-8-14-7-6-13-4;1-4-9(2,3)8(10)12-6-7-5-11-7;/h29-35H,18-28H2,1-17H3;13H,4-12H2,1-3H3;4-8H,3H2,1-2H3,(H,16,17);5-9H2,1-4H3;7H,4-6H2,1-3H3;/q;;;;;+1/p-1. The zero-order chi connectivity index (χ0) is 92.8. The van der Waals surface area contributed by atoms with E-state index in [1.807, 2.05) is 90.0 Å². The van der Waals surface area contributed by atoms with Crippen molar-refractivity contribution in [2.24, 2.45) is 68.0 Å². The number of hydrogen-bond acceptors (Lipinski definition) is 26. The molecule has 8 rings (SSSR count). The van der Waals surface area contributed by atoms with Gasteiger partial charge in [0.1, 0.15) is 19.3 Å². The van der Waals surface area contributed by atoms with Gasteiger partial charge in [-0.2, -0.15) is 26.0 Å². The minimum absolute atomic E-state index is 0. The number of halogens is 3. The number of hydrogen-bond donors (Lipinski definition) is 0. The van der Waals surface area contributed by atoms with Crippen LogP contribution in [0.2, 0.25) is 48.4 Å². The molecule has 8 bridgehead atoms. The largest absolute Gasteiger partial charge is 1.00 e. The molecule has 0 aliphatic carbocycles. The Morgan fingerprint density at radius 3 is 1.07 bits per heavy atom. The van der Waals surface area contributed by atoms with E-state index in [1.165, 1.54) is 50.7 Å². The number of epoxide rings is 1. The van der Waals surface area contributed by atoms with Crippen LogP contribution in [0.25, 0.3) is 0 Å². The number of unbranched alkanes of at least 4 members (excludes halogenated alkanes) is 6. The van der Waals surface area contributed by atoms with Gasteiger partial charge in [-0.25, -0.2) is 0 Å². The summed E-state index contributed by atoms with van der Waals surface area (Å²) in [7, 11) is -36.1. The van der Waals surface area contributed by atoms with E-state index in [4.69, 9.17) is 82.5 Å². The Morgan fingerprint density at radius 2 is 0.764 bits per heavy atom. The summed E-state index contributed by atoms with van der Waals surface area (Å²) in [5.41, 5.74) is -6.23. The Morgan fingerprint density at radius 1 is 0.447 bits per heavy atom. The first-order chi connectivity index (χ1) is 56.5. The fourth-order valence-electron chi connectivity index (χ4n) is 13.1. The first-order valence-corrected chi connectivity index (χ1v) is 61.9. The molecule has 0 N–H and O–H groups in total. The van der Waals surface area contributed by atoms with Gasteiger partial charge in [0.05, 0.1) is 61.8 Å². The van der Waals surface area contributed by atoms with Crippen LogP contribution in [-0.2, 0) is 134 Å². The second kappa shape index (κ2) is 52.6. The van der Waals surface area contributed by atoms with Gasteiger partial charge in [0.15, 0.2) is 0 Å². The molecule has 0 saturated carbocycles. The Kier molecular flexibility index (Phi) is 50.1. The third kappa shape index (κ3) is 39.5. The number of benzene rings is 1. The van der Waals surface area contributed by atoms with Crippen molar-refractivity contribution in [3.05, 3.63) is 35.4 Å². The van der Waals surface area contributed by atoms with E-state index < -0.39 is 103 Å². The number of carbonyl (C=O) groups is 4. The SMILES string of the molecule is CCC(C)(C)C(=O)OCC1CO1.CCC(C)(C)C(=O)OCCC[Si]12O[Si]3(CC(C)C)O[Si]4(CC(C)C)O[Si](CC(C)C)(O1)O[Si]1(CC(C)C)O[Si](CC(C)C)(O2)O[Si](CC(C)C)(O3)O[Si](CC(C)C)(O4)O1.CCC(C)(C)C(=O)OCCOCCOC.CCC(C)c1ccc(C([O-])=NS(=O)(=O)C(F)(F)F)cc1.CCCCCCCCCOC(=O)C(C)CC.[Ag+]. The zero-order valence-electron chi connectivity index (χ0n) is 80.0. The summed E-state index contributed by atoms with van der Waals surface area (Å²) in [5, 5.41) is 11.4. The van der Waals surface area contributed by atoms with Crippen molar-refractivity contribution >= 4 is 110 Å². The molecule has 722 valence electrons. The van der Waals surface area contributed by atoms with Gasteiger partial charge in [-0.1, -0.05) is 215 Å². The van der Waals surface area contributed by atoms with Gasteiger partial charge in [0.2, 0.25) is 0 Å². The van der Waals surface area contributed by atoms with Crippen LogP contribution in [0.15, 0.2) is 28.7 Å². The quantitative estimate of drug-likeness (QED) is 0.0111. The molecule has 7 saturated heterocycles. The van der Waals surface area contributed by atoms with Crippen molar-refractivity contribution in [1.82, 2.24) is 0 Å². The summed E-state index contributed by atoms with van der Waals surface area (Å²) >= 11 is 0. The van der Waals surface area contributed by atoms with Crippen LogP contribution in [0.5, 0.6) is 0 Å². The van der Waals surface area contributed by atoms with E-state index >= 15 is 0 Å². The average Bonchev–Trinajstić information content (AvgIpc) is 1.00. The molecule has 7 heterocycles. The monoisotopic (exact) mass is 2010 g/mol. The summed E-state index contributed by atoms with van der Waals surface area (Å²) in [6.45, 7) is 61.2. The van der Waals surface area contributed by atoms with Gasteiger partial charge < -0.3 is 87.6 Å². The molecule has 27 nitrogen and oxygen atoms in total. The molecule has 7 fully saturated rings. The normalized spacial score (nSPS) is 26.1. The Labute approximate surface area is 762 Å². The van der Waals surface area contributed by atoms with Crippen molar-refractivity contribution in [2.45, 2.75) is 343 Å². The van der Waals surface area contributed by atoms with Crippen LogP contribution in [0.1, 0.15) is 294 Å². The summed E-state index contributed by atoms with van der Waals surface area (Å²) in [5.74, 6) is -1.10. The number of carbonyl (C=O) groups excluding carboxylic acids is 4. The van der Waals surface area contributed by atoms with Crippen LogP contribution in [0, 0.1) is 63.6 Å². The van der Waals surface area contributed by atoms with Crippen molar-refractivity contribution in [3.63, 3.8) is 0 Å². The van der Waals surface area contributed by atoms with E-state index in [0.717, 1.165) is 44.3 Å². The fraction of sp³-hybridized carbons (Fsp3) is 0.867. The third-order valence-electron chi connectivity index (χ3n) is 21.0. The van der Waals surface area contributed by atoms with Crippen molar-refractivity contribution < 1.29 is 151 Å². The topological polar surface area (TPSA) is 317 Å². The Balaban J connectivity index is 0.000000643. The van der Waals surface area contributed by atoms with Crippen LogP contribution >= 0.6 is 0 Å². The number of rotatable bonds is 46. The second-order valence-electron chi connectivity index (χ2n) is 38.0. The van der Waals surface area contributed by atoms with Crippen molar-refractivity contribution in [1.29, 1.82) is 0 Å². The summed E-state index contributed by atoms with van der Waals surface area (Å²) in [6.07, 6.45) is 13.4. The van der Waals surface area contributed by atoms with E-state index in [2.05, 4.69) is 108 Å². The molecular formula is C83H159AgF3NO26SSi8. The minimum atomic E-state index is -5.80. The predicted octanol–water partition coefficient (Wildman–Crippen LogP) is 19.2. The maximum atomic E-state index is 13.2. The molecule has 3 unspecified atom stereocenters. The third-order valence-corrected chi connectivity index (χ3v) is 62.1. The number of alkyl halides is 3. The minimum Gasteiger partial charge on any atom is -0.858 e. The zero-order valence-corrected chi connectivity index (χ0v) is 90.3. The number of sulfonamides is 1. The summed E-state index contributed by atoms with van der Waals surface area (Å²) < 4.78 is 190. The number of ether oxygens (including phenoxy) is 7. The molecule has 1 aromatic carbocycles. The van der Waals surface area contributed by atoms with Gasteiger partial charge in [-0.05, 0) is 145 Å². The fourth-order valence-corrected chi connectivity index (χ4v) is 65.0. The van der Waals surface area contributed by atoms with Gasteiger partial charge in [0, 0.05) is 61.4 Å². The van der Waals surface area contributed by atoms with Gasteiger partial charge in [-0.15, -0.1) is 0 Å². The molecule has 7 aliphatic rings. The molecule has 0 radical (unpaired) electrons. The van der Waals surface area contributed by atoms with E-state index in [-0.39, 0.29) is 129 Å². The molecule has 40 heteroatoms. The van der Waals surface area contributed by atoms with Crippen molar-refractivity contribution in [2.75, 3.05) is 60.0 Å². The predicted molar refractivity (Wildman–Crippen MR) is 479 cm³/mol. The maximum absolute atomic E-state index is 13.2. The van der Waals surface area contributed by atoms with E-state index in [1.54, 1.807) is 19.2 Å². The van der Waals surface area contributed by atoms with Gasteiger partial charge in [-0.3, -0.25) is 19.2 Å². The molecule has 3 atom stereocenters. The maximum Gasteiger partial charge on any atom is 1.00 e. The first-order valence-electron chi connectivity index (χ1n) is 45.0.